The molecular formula is C48H32N4O. The number of nitrogens with zero attached hydrogens (tertiary/aromatic N) is 4. The topological polar surface area (TPSA) is 56.7 Å². The molecule has 7 aromatic carbocycles. The van der Waals surface area contributed by atoms with Crippen LogP contribution in [0.4, 0.5) is 0 Å². The Kier molecular flexibility index (Phi) is 6.23. The first-order valence-electron chi connectivity index (χ1n) is 18.0. The van der Waals surface area contributed by atoms with E-state index in [9.17, 15) is 0 Å². The molecular weight excluding hydrogens is 649 g/mol. The summed E-state index contributed by atoms with van der Waals surface area (Å²) in [7, 11) is 0. The Bertz CT molecular complexity index is 3020. The maximum Gasteiger partial charge on any atom is 0.164 e. The van der Waals surface area contributed by atoms with Crippen molar-refractivity contribution in [1.82, 2.24) is 19.5 Å². The van der Waals surface area contributed by atoms with Crippen LogP contribution in [0.2, 0.25) is 0 Å². The van der Waals surface area contributed by atoms with Gasteiger partial charge < -0.3 is 8.98 Å². The minimum absolute atomic E-state index is 0.133. The van der Waals surface area contributed by atoms with Crippen molar-refractivity contribution in [3.8, 4) is 51.0 Å². The Morgan fingerprint density at radius 3 is 1.87 bits per heavy atom. The molecule has 3 heterocycles. The number of furan rings is 1. The average Bonchev–Trinajstić information content (AvgIpc) is 3.84. The molecule has 1 aliphatic carbocycles. The van der Waals surface area contributed by atoms with Crippen LogP contribution in [0.3, 0.4) is 0 Å². The zero-order valence-corrected chi connectivity index (χ0v) is 29.2. The van der Waals surface area contributed by atoms with Crippen LogP contribution in [0.15, 0.2) is 162 Å². The van der Waals surface area contributed by atoms with Crippen LogP contribution in [0.1, 0.15) is 25.0 Å². The average molecular weight is 681 g/mol. The minimum Gasteiger partial charge on any atom is -0.454 e. The van der Waals surface area contributed by atoms with Gasteiger partial charge in [0.25, 0.3) is 0 Å². The van der Waals surface area contributed by atoms with Gasteiger partial charge in [0, 0.05) is 49.2 Å². The van der Waals surface area contributed by atoms with Gasteiger partial charge in [0.15, 0.2) is 23.1 Å². The highest BCUT2D eigenvalue weighted by atomic mass is 16.3. The maximum atomic E-state index is 6.93. The molecule has 0 spiro atoms. The molecule has 3 aromatic heterocycles. The number of hydrogen-bond acceptors (Lipinski definition) is 4. The Labute approximate surface area is 305 Å². The van der Waals surface area contributed by atoms with E-state index in [4.69, 9.17) is 19.4 Å². The number of rotatable bonds is 4. The molecule has 1 aliphatic rings. The van der Waals surface area contributed by atoms with E-state index in [2.05, 4.69) is 103 Å². The van der Waals surface area contributed by atoms with E-state index in [1.807, 2.05) is 72.8 Å². The molecule has 11 rings (SSSR count). The largest absolute Gasteiger partial charge is 0.454 e. The van der Waals surface area contributed by atoms with Gasteiger partial charge in [-0.25, -0.2) is 15.0 Å². The van der Waals surface area contributed by atoms with Crippen molar-refractivity contribution in [3.63, 3.8) is 0 Å². The quantitative estimate of drug-likeness (QED) is 0.186. The predicted molar refractivity (Wildman–Crippen MR) is 215 cm³/mol. The molecule has 53 heavy (non-hydrogen) atoms. The molecule has 0 fully saturated rings. The highest BCUT2D eigenvalue weighted by molar-refractivity contribution is 6.19. The molecule has 0 saturated heterocycles. The van der Waals surface area contributed by atoms with Gasteiger partial charge in [0.1, 0.15) is 5.58 Å². The number of aromatic nitrogens is 4. The van der Waals surface area contributed by atoms with Crippen molar-refractivity contribution >= 4 is 43.7 Å². The van der Waals surface area contributed by atoms with Gasteiger partial charge in [-0.1, -0.05) is 147 Å². The van der Waals surface area contributed by atoms with Crippen molar-refractivity contribution in [3.05, 3.63) is 169 Å². The van der Waals surface area contributed by atoms with Gasteiger partial charge in [-0.3, -0.25) is 0 Å². The molecule has 0 radical (unpaired) electrons. The Morgan fingerprint density at radius 1 is 0.491 bits per heavy atom. The summed E-state index contributed by atoms with van der Waals surface area (Å²) in [5.41, 5.74) is 12.8. The van der Waals surface area contributed by atoms with E-state index in [-0.39, 0.29) is 5.41 Å². The lowest BCUT2D eigenvalue weighted by atomic mass is 9.82. The van der Waals surface area contributed by atoms with Crippen LogP contribution >= 0.6 is 0 Å². The van der Waals surface area contributed by atoms with Gasteiger partial charge in [0.2, 0.25) is 0 Å². The lowest BCUT2D eigenvalue weighted by Crippen LogP contribution is -2.14. The van der Waals surface area contributed by atoms with E-state index < -0.39 is 0 Å². The summed E-state index contributed by atoms with van der Waals surface area (Å²) in [6, 6.07) is 55.1. The molecule has 250 valence electrons. The van der Waals surface area contributed by atoms with Crippen LogP contribution in [-0.2, 0) is 5.41 Å². The van der Waals surface area contributed by atoms with Crippen molar-refractivity contribution in [1.29, 1.82) is 0 Å². The van der Waals surface area contributed by atoms with E-state index >= 15 is 0 Å². The third kappa shape index (κ3) is 4.28. The van der Waals surface area contributed by atoms with Gasteiger partial charge in [-0.05, 0) is 41.0 Å². The second-order valence-electron chi connectivity index (χ2n) is 14.4. The summed E-state index contributed by atoms with van der Waals surface area (Å²) in [4.78, 5) is 15.3. The second-order valence-corrected chi connectivity index (χ2v) is 14.4. The SMILES string of the molecule is CC1(C)c2ccccc2-c2c1ccc1c3ccccc3n(-c3ccc(-c4nc(-c5ccccc5)nc(-c5ccccc5)n4)c4c3oc3ccccc34)c21. The third-order valence-electron chi connectivity index (χ3n) is 11.1. The summed E-state index contributed by atoms with van der Waals surface area (Å²) < 4.78 is 9.36. The zero-order chi connectivity index (χ0) is 35.3. The number of benzene rings is 7. The summed E-state index contributed by atoms with van der Waals surface area (Å²) in [6.45, 7) is 4.68. The molecule has 5 heteroatoms. The first-order valence-corrected chi connectivity index (χ1v) is 18.0. The van der Waals surface area contributed by atoms with Crippen LogP contribution in [0.25, 0.3) is 94.7 Å². The molecule has 0 saturated carbocycles. The van der Waals surface area contributed by atoms with E-state index in [0.29, 0.717) is 17.5 Å². The third-order valence-corrected chi connectivity index (χ3v) is 11.1. The standard InChI is InChI=1S/C48H32N4O/c1-48(2)36-22-12-9-20-33(36)42-37(48)27-25-32-31-19-10-13-23-38(31)52(43(32)42)39-28-26-35(41-34-21-11-14-24-40(34)53-44(39)41)47-50-45(29-15-5-3-6-16-29)49-46(51-47)30-17-7-4-8-18-30/h3-28H,1-2H3. The second kappa shape index (κ2) is 11.1. The van der Waals surface area contributed by atoms with Crippen LogP contribution in [0.5, 0.6) is 0 Å². The fraction of sp³-hybridized carbons (Fsp3) is 0.0625. The zero-order valence-electron chi connectivity index (χ0n) is 29.2. The van der Waals surface area contributed by atoms with E-state index in [1.54, 1.807) is 0 Å². The molecule has 0 N–H and O–H groups in total. The Hall–Kier alpha value is -6.85. The van der Waals surface area contributed by atoms with Crippen LogP contribution < -0.4 is 0 Å². The summed E-state index contributed by atoms with van der Waals surface area (Å²) >= 11 is 0. The molecule has 0 unspecified atom stereocenters. The van der Waals surface area contributed by atoms with Crippen LogP contribution in [-0.4, -0.2) is 19.5 Å². The lowest BCUT2D eigenvalue weighted by molar-refractivity contribution is 0.660. The first kappa shape index (κ1) is 29.8. The molecule has 0 bridgehead atoms. The fourth-order valence-corrected chi connectivity index (χ4v) is 8.60. The highest BCUT2D eigenvalue weighted by Gasteiger charge is 2.37. The van der Waals surface area contributed by atoms with E-state index in [0.717, 1.165) is 49.8 Å². The molecule has 0 aliphatic heterocycles. The molecule has 10 aromatic rings. The van der Waals surface area contributed by atoms with Crippen molar-refractivity contribution in [2.24, 2.45) is 0 Å². The van der Waals surface area contributed by atoms with Crippen molar-refractivity contribution < 1.29 is 4.42 Å². The predicted octanol–water partition coefficient (Wildman–Crippen LogP) is 12.2. The highest BCUT2D eigenvalue weighted by Crippen LogP contribution is 2.53. The Morgan fingerprint density at radius 2 is 1.11 bits per heavy atom. The summed E-state index contributed by atoms with van der Waals surface area (Å²) in [5.74, 6) is 1.84. The smallest absolute Gasteiger partial charge is 0.164 e. The normalized spacial score (nSPS) is 13.2. The maximum absolute atomic E-state index is 6.93. The van der Waals surface area contributed by atoms with Gasteiger partial charge in [-0.15, -0.1) is 0 Å². The monoisotopic (exact) mass is 680 g/mol. The van der Waals surface area contributed by atoms with Gasteiger partial charge in [0.05, 0.1) is 16.7 Å². The van der Waals surface area contributed by atoms with Crippen LogP contribution in [0, 0.1) is 0 Å². The molecule has 5 nitrogen and oxygen atoms in total. The molecule has 0 atom stereocenters. The minimum atomic E-state index is -0.133. The van der Waals surface area contributed by atoms with E-state index in [1.165, 1.54) is 38.5 Å². The summed E-state index contributed by atoms with van der Waals surface area (Å²) in [5, 5.41) is 4.41. The number of fused-ring (bicyclic) bond motifs is 10. The lowest BCUT2D eigenvalue weighted by Gasteiger charge is -2.21. The van der Waals surface area contributed by atoms with Crippen molar-refractivity contribution in [2.75, 3.05) is 0 Å². The fourth-order valence-electron chi connectivity index (χ4n) is 8.60. The molecule has 0 amide bonds. The number of para-hydroxylation sites is 2. The van der Waals surface area contributed by atoms with Gasteiger partial charge in [-0.2, -0.15) is 0 Å². The number of hydrogen-bond donors (Lipinski definition) is 0. The Balaban J connectivity index is 1.25. The van der Waals surface area contributed by atoms with Crippen molar-refractivity contribution in [2.45, 2.75) is 19.3 Å². The summed E-state index contributed by atoms with van der Waals surface area (Å²) in [6.07, 6.45) is 0. The first-order chi connectivity index (χ1) is 26.1. The van der Waals surface area contributed by atoms with Gasteiger partial charge >= 0.3 is 0 Å².